The third-order valence-electron chi connectivity index (χ3n) is 5.58. The van der Waals surface area contributed by atoms with E-state index in [4.69, 9.17) is 11.6 Å². The van der Waals surface area contributed by atoms with Crippen molar-refractivity contribution in [2.75, 3.05) is 19.3 Å². The minimum absolute atomic E-state index is 0.0224. The zero-order chi connectivity index (χ0) is 20.8. The first-order valence-electron chi connectivity index (χ1n) is 9.23. The molecule has 1 spiro atoms. The van der Waals surface area contributed by atoms with E-state index in [2.05, 4.69) is 10.3 Å². The molecule has 2 aliphatic heterocycles. The molecule has 0 saturated carbocycles. The summed E-state index contributed by atoms with van der Waals surface area (Å²) in [4.78, 5) is 29.0. The van der Waals surface area contributed by atoms with Gasteiger partial charge in [-0.05, 0) is 24.1 Å². The van der Waals surface area contributed by atoms with Crippen LogP contribution in [0.5, 0.6) is 0 Å². The molecule has 10 heteroatoms. The maximum absolute atomic E-state index is 12.5. The van der Waals surface area contributed by atoms with Crippen molar-refractivity contribution in [2.24, 2.45) is 5.41 Å². The highest BCUT2D eigenvalue weighted by Crippen LogP contribution is 2.40. The molecule has 0 radical (unpaired) electrons. The van der Waals surface area contributed by atoms with Gasteiger partial charge in [0.15, 0.2) is 0 Å². The summed E-state index contributed by atoms with van der Waals surface area (Å²) in [7, 11) is -3.25. The number of sulfonamides is 1. The second kappa shape index (κ2) is 7.23. The number of benzene rings is 1. The Hall–Kier alpha value is -2.23. The van der Waals surface area contributed by atoms with Gasteiger partial charge in [-0.15, -0.1) is 0 Å². The topological polar surface area (TPSA) is 101 Å². The van der Waals surface area contributed by atoms with Crippen molar-refractivity contribution in [3.8, 4) is 0 Å². The van der Waals surface area contributed by atoms with Gasteiger partial charge in [-0.1, -0.05) is 23.7 Å². The number of hydrogen-bond donors (Lipinski definition) is 1. The van der Waals surface area contributed by atoms with Crippen molar-refractivity contribution in [1.29, 1.82) is 0 Å². The lowest BCUT2D eigenvalue weighted by Crippen LogP contribution is -2.32. The summed E-state index contributed by atoms with van der Waals surface area (Å²) in [6.07, 6.45) is 3.97. The molecule has 1 fully saturated rings. The molecule has 1 saturated heterocycles. The molecule has 1 aromatic heterocycles. The lowest BCUT2D eigenvalue weighted by atomic mass is 9.86. The van der Waals surface area contributed by atoms with Crippen molar-refractivity contribution in [1.82, 2.24) is 19.2 Å². The fraction of sp³-hybridized carbons (Fsp3) is 0.421. The van der Waals surface area contributed by atoms with E-state index >= 15 is 0 Å². The fourth-order valence-electron chi connectivity index (χ4n) is 4.09. The summed E-state index contributed by atoms with van der Waals surface area (Å²) in [6.45, 7) is 1.65. The van der Waals surface area contributed by atoms with E-state index in [0.717, 1.165) is 5.56 Å². The average molecular weight is 437 g/mol. The number of nitrogens with one attached hydrogen (secondary N) is 1. The smallest absolute Gasteiger partial charge is 0.285 e. The maximum Gasteiger partial charge on any atom is 0.285 e. The van der Waals surface area contributed by atoms with E-state index in [1.54, 1.807) is 18.2 Å². The van der Waals surface area contributed by atoms with E-state index in [1.807, 2.05) is 10.6 Å². The van der Waals surface area contributed by atoms with Crippen molar-refractivity contribution >= 4 is 27.5 Å². The van der Waals surface area contributed by atoms with E-state index < -0.39 is 21.5 Å². The molecule has 3 heterocycles. The first kappa shape index (κ1) is 20.1. The zero-order valence-electron chi connectivity index (χ0n) is 15.9. The lowest BCUT2D eigenvalue weighted by molar-refractivity contribution is 0.0948. The van der Waals surface area contributed by atoms with Gasteiger partial charge < -0.3 is 9.88 Å². The van der Waals surface area contributed by atoms with Crippen LogP contribution in [0.2, 0.25) is 5.02 Å². The summed E-state index contributed by atoms with van der Waals surface area (Å²) in [5, 5.41) is 3.29. The summed E-state index contributed by atoms with van der Waals surface area (Å²) in [6, 6.07) is 7.11. The first-order valence-corrected chi connectivity index (χ1v) is 11.5. The molecule has 1 atom stereocenters. The Bertz CT molecular complexity index is 1150. The summed E-state index contributed by atoms with van der Waals surface area (Å²) < 4.78 is 27.0. The van der Waals surface area contributed by atoms with Gasteiger partial charge in [0.25, 0.3) is 11.5 Å². The van der Waals surface area contributed by atoms with Gasteiger partial charge in [0.1, 0.15) is 11.4 Å². The lowest BCUT2D eigenvalue weighted by Gasteiger charge is -2.21. The summed E-state index contributed by atoms with van der Waals surface area (Å²) >= 11 is 5.95. The highest BCUT2D eigenvalue weighted by Gasteiger charge is 2.46. The molecule has 0 bridgehead atoms. The molecule has 0 aliphatic carbocycles. The third kappa shape index (κ3) is 4.08. The summed E-state index contributed by atoms with van der Waals surface area (Å²) in [5.74, 6) is 0.0969. The number of amides is 1. The molecule has 1 N–H and O–H groups in total. The molecule has 1 aromatic carbocycles. The van der Waals surface area contributed by atoms with Gasteiger partial charge in [-0.25, -0.2) is 12.7 Å². The number of hydrogen-bond acceptors (Lipinski definition) is 5. The number of carbonyl (C=O) groups is 1. The van der Waals surface area contributed by atoms with Crippen LogP contribution in [0.4, 0.5) is 0 Å². The van der Waals surface area contributed by atoms with Crippen LogP contribution in [0.3, 0.4) is 0 Å². The highest BCUT2D eigenvalue weighted by atomic mass is 35.5. The second-order valence-electron chi connectivity index (χ2n) is 7.84. The van der Waals surface area contributed by atoms with Crippen LogP contribution in [-0.4, -0.2) is 47.5 Å². The van der Waals surface area contributed by atoms with Crippen LogP contribution in [-0.2, 0) is 29.5 Å². The number of halogens is 1. The molecule has 4 rings (SSSR count). The predicted molar refractivity (Wildman–Crippen MR) is 108 cm³/mol. The van der Waals surface area contributed by atoms with Crippen molar-refractivity contribution in [3.63, 3.8) is 0 Å². The summed E-state index contributed by atoms with van der Waals surface area (Å²) in [5.41, 5.74) is -0.0442. The Morgan fingerprint density at radius 3 is 2.83 bits per heavy atom. The Morgan fingerprint density at radius 1 is 1.34 bits per heavy atom. The number of nitrogens with zero attached hydrogens (tertiary/aromatic N) is 3. The van der Waals surface area contributed by atoms with Crippen molar-refractivity contribution in [2.45, 2.75) is 25.9 Å². The number of aromatic nitrogens is 2. The van der Waals surface area contributed by atoms with Gasteiger partial charge in [-0.2, -0.15) is 4.98 Å². The molecule has 2 aromatic rings. The first-order chi connectivity index (χ1) is 13.7. The molecular formula is C19H21ClN4O4S. The highest BCUT2D eigenvalue weighted by molar-refractivity contribution is 7.88. The monoisotopic (exact) mass is 436 g/mol. The fourth-order valence-corrected chi connectivity index (χ4v) is 5.23. The molecule has 154 valence electrons. The van der Waals surface area contributed by atoms with Crippen LogP contribution < -0.4 is 10.9 Å². The normalized spacial score (nSPS) is 21.4. The second-order valence-corrected chi connectivity index (χ2v) is 10.3. The Morgan fingerprint density at radius 2 is 2.14 bits per heavy atom. The molecular weight excluding hydrogens is 416 g/mol. The van der Waals surface area contributed by atoms with Gasteiger partial charge in [-0.3, -0.25) is 9.59 Å². The van der Waals surface area contributed by atoms with Crippen LogP contribution in [0, 0.1) is 5.41 Å². The zero-order valence-corrected chi connectivity index (χ0v) is 17.5. The quantitative estimate of drug-likeness (QED) is 0.771. The standard InChI is InChI=1S/C19H21ClN4O4S/c1-29(27,28)24-6-5-19(12-24)8-16-22-18(26)15(10-23(16)11-19)17(25)21-9-13-3-2-4-14(20)7-13/h2-4,7,10H,5-6,8-9,11-12H2,1H3,(H,21,25). The minimum atomic E-state index is -3.25. The average Bonchev–Trinajstić information content (AvgIpc) is 3.21. The number of fused-ring (bicyclic) bond motifs is 1. The van der Waals surface area contributed by atoms with E-state index in [0.29, 0.717) is 43.3 Å². The molecule has 29 heavy (non-hydrogen) atoms. The van der Waals surface area contributed by atoms with Crippen LogP contribution in [0.1, 0.15) is 28.2 Å². The van der Waals surface area contributed by atoms with E-state index in [9.17, 15) is 18.0 Å². The van der Waals surface area contributed by atoms with Gasteiger partial charge >= 0.3 is 0 Å². The van der Waals surface area contributed by atoms with Crippen LogP contribution in [0.15, 0.2) is 35.3 Å². The van der Waals surface area contributed by atoms with Crippen LogP contribution >= 0.6 is 11.6 Å². The van der Waals surface area contributed by atoms with Gasteiger partial charge in [0, 0.05) is 49.2 Å². The molecule has 2 aliphatic rings. The van der Waals surface area contributed by atoms with E-state index in [-0.39, 0.29) is 17.5 Å². The Labute approximate surface area is 173 Å². The Kier molecular flexibility index (Phi) is 5.00. The number of rotatable bonds is 4. The Balaban J connectivity index is 1.50. The van der Waals surface area contributed by atoms with Crippen molar-refractivity contribution < 1.29 is 13.2 Å². The van der Waals surface area contributed by atoms with Crippen LogP contribution in [0.25, 0.3) is 0 Å². The number of carbonyl (C=O) groups excluding carboxylic acids is 1. The van der Waals surface area contributed by atoms with Gasteiger partial charge in [0.2, 0.25) is 10.0 Å². The largest absolute Gasteiger partial charge is 0.348 e. The van der Waals surface area contributed by atoms with E-state index in [1.165, 1.54) is 16.8 Å². The predicted octanol–water partition coefficient (Wildman–Crippen LogP) is 1.03. The molecule has 8 nitrogen and oxygen atoms in total. The van der Waals surface area contributed by atoms with Crippen molar-refractivity contribution in [3.05, 3.63) is 62.8 Å². The molecule has 1 amide bonds. The maximum atomic E-state index is 12.5. The third-order valence-corrected chi connectivity index (χ3v) is 7.06. The SMILES string of the molecule is CS(=O)(=O)N1CCC2(Cc3nc(=O)c(C(=O)NCc4cccc(Cl)c4)cn3C2)C1. The van der Waals surface area contributed by atoms with Gasteiger partial charge in [0.05, 0.1) is 6.26 Å². The minimum Gasteiger partial charge on any atom is -0.348 e. The molecule has 1 unspecified atom stereocenters.